The molecule has 0 heterocycles. The number of ether oxygens (including phenoxy) is 1. The van der Waals surface area contributed by atoms with Crippen LogP contribution in [0.15, 0.2) is 53.7 Å². The Balaban J connectivity index is 1.84. The Bertz CT molecular complexity index is 624. The van der Waals surface area contributed by atoms with Crippen molar-refractivity contribution in [2.75, 3.05) is 11.9 Å². The van der Waals surface area contributed by atoms with Crippen molar-refractivity contribution in [2.24, 2.45) is 5.16 Å². The standard InChI is InChI=1S/C15H13FN2O3/c16-12-3-5-13(6-4-12)18-15(19)10-21-14-7-1-11(2-8-14)9-17-20/h1-9,20H,10H2,(H,18,19)/b17-9+. The fraction of sp³-hybridized carbons (Fsp3) is 0.0667. The van der Waals surface area contributed by atoms with Crippen LogP contribution >= 0.6 is 0 Å². The second-order valence-electron chi connectivity index (χ2n) is 4.16. The van der Waals surface area contributed by atoms with Crippen molar-refractivity contribution >= 4 is 17.8 Å². The van der Waals surface area contributed by atoms with Crippen LogP contribution in [0.3, 0.4) is 0 Å². The summed E-state index contributed by atoms with van der Waals surface area (Å²) in [6, 6.07) is 12.1. The molecule has 0 aromatic heterocycles. The number of hydrogen-bond donors (Lipinski definition) is 2. The summed E-state index contributed by atoms with van der Waals surface area (Å²) in [6.07, 6.45) is 1.28. The molecule has 0 radical (unpaired) electrons. The van der Waals surface area contributed by atoms with Gasteiger partial charge in [-0.15, -0.1) is 0 Å². The lowest BCUT2D eigenvalue weighted by Crippen LogP contribution is -2.20. The topological polar surface area (TPSA) is 70.9 Å². The molecule has 6 heteroatoms. The molecule has 21 heavy (non-hydrogen) atoms. The summed E-state index contributed by atoms with van der Waals surface area (Å²) in [6.45, 7) is -0.162. The van der Waals surface area contributed by atoms with Gasteiger partial charge in [-0.1, -0.05) is 5.16 Å². The molecule has 0 spiro atoms. The predicted molar refractivity (Wildman–Crippen MR) is 76.3 cm³/mol. The summed E-state index contributed by atoms with van der Waals surface area (Å²) in [7, 11) is 0. The summed E-state index contributed by atoms with van der Waals surface area (Å²) in [5.41, 5.74) is 1.21. The van der Waals surface area contributed by atoms with Crippen molar-refractivity contribution in [1.82, 2.24) is 0 Å². The lowest BCUT2D eigenvalue weighted by molar-refractivity contribution is -0.118. The number of oxime groups is 1. The van der Waals surface area contributed by atoms with Gasteiger partial charge in [-0.05, 0) is 54.1 Å². The maximum atomic E-state index is 12.7. The first-order valence-electron chi connectivity index (χ1n) is 6.13. The van der Waals surface area contributed by atoms with Gasteiger partial charge in [0.2, 0.25) is 0 Å². The van der Waals surface area contributed by atoms with E-state index in [-0.39, 0.29) is 18.3 Å². The Hall–Kier alpha value is -2.89. The van der Waals surface area contributed by atoms with E-state index in [0.29, 0.717) is 17.0 Å². The van der Waals surface area contributed by atoms with Gasteiger partial charge in [0.05, 0.1) is 6.21 Å². The van der Waals surface area contributed by atoms with Gasteiger partial charge < -0.3 is 15.3 Å². The van der Waals surface area contributed by atoms with Gasteiger partial charge in [0.15, 0.2) is 6.61 Å². The van der Waals surface area contributed by atoms with Crippen LogP contribution in [0, 0.1) is 5.82 Å². The third-order valence-electron chi connectivity index (χ3n) is 2.58. The molecule has 2 aromatic rings. The van der Waals surface area contributed by atoms with E-state index in [2.05, 4.69) is 10.5 Å². The molecule has 2 aromatic carbocycles. The summed E-state index contributed by atoms with van der Waals surface area (Å²) < 4.78 is 18.0. The molecule has 2 N–H and O–H groups in total. The second-order valence-corrected chi connectivity index (χ2v) is 4.16. The van der Waals surface area contributed by atoms with E-state index in [1.54, 1.807) is 24.3 Å². The quantitative estimate of drug-likeness (QED) is 0.505. The van der Waals surface area contributed by atoms with E-state index in [1.165, 1.54) is 30.5 Å². The predicted octanol–water partition coefficient (Wildman–Crippen LogP) is 2.65. The van der Waals surface area contributed by atoms with Crippen molar-refractivity contribution in [1.29, 1.82) is 0 Å². The average Bonchev–Trinajstić information content (AvgIpc) is 2.49. The highest BCUT2D eigenvalue weighted by Crippen LogP contribution is 2.12. The monoisotopic (exact) mass is 288 g/mol. The molecule has 108 valence electrons. The van der Waals surface area contributed by atoms with Crippen molar-refractivity contribution in [3.8, 4) is 5.75 Å². The van der Waals surface area contributed by atoms with E-state index in [0.717, 1.165) is 0 Å². The van der Waals surface area contributed by atoms with Crippen LogP contribution in [0.2, 0.25) is 0 Å². The fourth-order valence-corrected chi connectivity index (χ4v) is 1.60. The van der Waals surface area contributed by atoms with Gasteiger partial charge in [0, 0.05) is 5.69 Å². The molecule has 2 rings (SSSR count). The highest BCUT2D eigenvalue weighted by molar-refractivity contribution is 5.91. The van der Waals surface area contributed by atoms with Gasteiger partial charge in [0.25, 0.3) is 5.91 Å². The molecule has 0 fully saturated rings. The zero-order chi connectivity index (χ0) is 15.1. The number of benzene rings is 2. The zero-order valence-electron chi connectivity index (χ0n) is 11.0. The molecule has 1 amide bonds. The molecular formula is C15H13FN2O3. The van der Waals surface area contributed by atoms with E-state index >= 15 is 0 Å². The van der Waals surface area contributed by atoms with E-state index in [1.807, 2.05) is 0 Å². The molecule has 5 nitrogen and oxygen atoms in total. The average molecular weight is 288 g/mol. The Morgan fingerprint density at radius 2 is 1.86 bits per heavy atom. The van der Waals surface area contributed by atoms with Crippen LogP contribution in [-0.4, -0.2) is 23.9 Å². The van der Waals surface area contributed by atoms with Gasteiger partial charge >= 0.3 is 0 Å². The van der Waals surface area contributed by atoms with Crippen LogP contribution < -0.4 is 10.1 Å². The number of nitrogens with one attached hydrogen (secondary N) is 1. The Morgan fingerprint density at radius 1 is 1.19 bits per heavy atom. The van der Waals surface area contributed by atoms with Crippen LogP contribution in [-0.2, 0) is 4.79 Å². The van der Waals surface area contributed by atoms with Gasteiger partial charge in [-0.2, -0.15) is 0 Å². The third kappa shape index (κ3) is 4.61. The van der Waals surface area contributed by atoms with Crippen LogP contribution in [0.1, 0.15) is 5.56 Å². The number of nitrogens with zero attached hydrogens (tertiary/aromatic N) is 1. The number of carbonyl (C=O) groups excluding carboxylic acids is 1. The Morgan fingerprint density at radius 3 is 2.48 bits per heavy atom. The Labute approximate surface area is 120 Å². The minimum absolute atomic E-state index is 0.162. The van der Waals surface area contributed by atoms with Gasteiger partial charge in [0.1, 0.15) is 11.6 Å². The first kappa shape index (κ1) is 14.5. The number of anilines is 1. The number of carbonyl (C=O) groups is 1. The normalized spacial score (nSPS) is 10.5. The summed E-state index contributed by atoms with van der Waals surface area (Å²) in [5.74, 6) is -0.197. The smallest absolute Gasteiger partial charge is 0.262 e. The van der Waals surface area contributed by atoms with Crippen molar-refractivity contribution < 1.29 is 19.1 Å². The molecule has 0 saturated carbocycles. The maximum Gasteiger partial charge on any atom is 0.262 e. The number of amides is 1. The fourth-order valence-electron chi connectivity index (χ4n) is 1.60. The lowest BCUT2D eigenvalue weighted by atomic mass is 10.2. The zero-order valence-corrected chi connectivity index (χ0v) is 11.0. The lowest BCUT2D eigenvalue weighted by Gasteiger charge is -2.07. The number of rotatable bonds is 5. The minimum atomic E-state index is -0.365. The summed E-state index contributed by atoms with van der Waals surface area (Å²) in [5, 5.41) is 13.9. The van der Waals surface area contributed by atoms with E-state index < -0.39 is 0 Å². The van der Waals surface area contributed by atoms with Crippen LogP contribution in [0.25, 0.3) is 0 Å². The number of hydrogen-bond acceptors (Lipinski definition) is 4. The molecule has 0 bridgehead atoms. The third-order valence-corrected chi connectivity index (χ3v) is 2.58. The molecule has 0 aliphatic carbocycles. The maximum absolute atomic E-state index is 12.7. The molecular weight excluding hydrogens is 275 g/mol. The molecule has 0 aliphatic rings. The number of halogens is 1. The van der Waals surface area contributed by atoms with Crippen molar-refractivity contribution in [3.05, 3.63) is 59.9 Å². The SMILES string of the molecule is O=C(COc1ccc(/C=N/O)cc1)Nc1ccc(F)cc1. The molecule has 0 aliphatic heterocycles. The molecule has 0 unspecified atom stereocenters. The van der Waals surface area contributed by atoms with Crippen molar-refractivity contribution in [3.63, 3.8) is 0 Å². The van der Waals surface area contributed by atoms with E-state index in [4.69, 9.17) is 9.94 Å². The Kier molecular flexibility index (Phi) is 4.87. The van der Waals surface area contributed by atoms with Gasteiger partial charge in [-0.3, -0.25) is 4.79 Å². The summed E-state index contributed by atoms with van der Waals surface area (Å²) >= 11 is 0. The second kappa shape index (κ2) is 7.04. The van der Waals surface area contributed by atoms with Crippen LogP contribution in [0.4, 0.5) is 10.1 Å². The van der Waals surface area contributed by atoms with Crippen LogP contribution in [0.5, 0.6) is 5.75 Å². The highest BCUT2D eigenvalue weighted by atomic mass is 19.1. The molecule has 0 saturated heterocycles. The minimum Gasteiger partial charge on any atom is -0.484 e. The first-order valence-corrected chi connectivity index (χ1v) is 6.13. The van der Waals surface area contributed by atoms with Crippen molar-refractivity contribution in [2.45, 2.75) is 0 Å². The highest BCUT2D eigenvalue weighted by Gasteiger charge is 2.04. The largest absolute Gasteiger partial charge is 0.484 e. The van der Waals surface area contributed by atoms with E-state index in [9.17, 15) is 9.18 Å². The summed E-state index contributed by atoms with van der Waals surface area (Å²) in [4.78, 5) is 11.7. The molecule has 0 atom stereocenters. The van der Waals surface area contributed by atoms with Gasteiger partial charge in [-0.25, -0.2) is 4.39 Å². The first-order chi connectivity index (χ1) is 10.2.